The van der Waals surface area contributed by atoms with Crippen molar-refractivity contribution < 1.29 is 0 Å². The Morgan fingerprint density at radius 3 is 1.43 bits per heavy atom. The van der Waals surface area contributed by atoms with Gasteiger partial charge in [0.05, 0.1) is 5.41 Å². The van der Waals surface area contributed by atoms with E-state index in [1.54, 1.807) is 0 Å². The van der Waals surface area contributed by atoms with Crippen LogP contribution in [0.4, 0.5) is 17.1 Å². The minimum atomic E-state index is -0.409. The molecule has 0 bridgehead atoms. The summed E-state index contributed by atoms with van der Waals surface area (Å²) in [5, 5.41) is 2.61. The highest BCUT2D eigenvalue weighted by atomic mass is 32.1. The molecule has 9 aromatic rings. The Hall–Kier alpha value is -6.22. The monoisotopic (exact) mass is 667 g/mol. The summed E-state index contributed by atoms with van der Waals surface area (Å²) in [6, 6.07) is 73.3. The van der Waals surface area contributed by atoms with E-state index in [-0.39, 0.29) is 0 Å². The lowest BCUT2D eigenvalue weighted by atomic mass is 9.67. The lowest BCUT2D eigenvalue weighted by Crippen LogP contribution is -2.28. The summed E-state index contributed by atoms with van der Waals surface area (Å²) in [6.45, 7) is 0. The molecule has 1 aliphatic rings. The summed E-state index contributed by atoms with van der Waals surface area (Å²) >= 11 is 1.88. The third kappa shape index (κ3) is 4.68. The molecule has 0 spiro atoms. The fourth-order valence-electron chi connectivity index (χ4n) is 8.31. The number of nitrogens with zero attached hydrogens (tertiary/aromatic N) is 1. The van der Waals surface area contributed by atoms with E-state index >= 15 is 0 Å². The minimum absolute atomic E-state index is 0.409. The quantitative estimate of drug-likeness (QED) is 0.171. The molecule has 0 atom stereocenters. The van der Waals surface area contributed by atoms with Crippen molar-refractivity contribution in [2.24, 2.45) is 0 Å². The molecule has 0 unspecified atom stereocenters. The van der Waals surface area contributed by atoms with Gasteiger partial charge in [0.2, 0.25) is 0 Å². The number of para-hydroxylation sites is 2. The molecule has 1 aromatic heterocycles. The summed E-state index contributed by atoms with van der Waals surface area (Å²) in [5.41, 5.74) is 13.3. The van der Waals surface area contributed by atoms with Crippen LogP contribution in [-0.4, -0.2) is 0 Å². The first-order valence-corrected chi connectivity index (χ1v) is 18.3. The molecule has 2 heteroatoms. The highest BCUT2D eigenvalue weighted by molar-refractivity contribution is 7.25. The molecule has 1 heterocycles. The summed E-state index contributed by atoms with van der Waals surface area (Å²) in [7, 11) is 0. The van der Waals surface area contributed by atoms with E-state index < -0.39 is 5.41 Å². The fourth-order valence-corrected chi connectivity index (χ4v) is 9.37. The molecule has 240 valence electrons. The van der Waals surface area contributed by atoms with Gasteiger partial charge in [-0.3, -0.25) is 0 Å². The number of hydrogen-bond donors (Lipinski definition) is 0. The maximum atomic E-state index is 2.48. The Balaban J connectivity index is 1.11. The Morgan fingerprint density at radius 2 is 0.824 bits per heavy atom. The highest BCUT2D eigenvalue weighted by Gasteiger charge is 2.45. The first-order valence-electron chi connectivity index (χ1n) is 17.5. The Bertz CT molecular complexity index is 2590. The second kappa shape index (κ2) is 12.0. The molecule has 51 heavy (non-hydrogen) atoms. The summed E-state index contributed by atoms with van der Waals surface area (Å²) < 4.78 is 2.62. The predicted octanol–water partition coefficient (Wildman–Crippen LogP) is 13.6. The molecule has 0 radical (unpaired) electrons. The zero-order chi connectivity index (χ0) is 33.8. The highest BCUT2D eigenvalue weighted by Crippen LogP contribution is 2.56. The first kappa shape index (κ1) is 29.7. The topological polar surface area (TPSA) is 3.24 Å². The van der Waals surface area contributed by atoms with E-state index in [0.29, 0.717) is 0 Å². The Morgan fingerprint density at radius 1 is 0.353 bits per heavy atom. The van der Waals surface area contributed by atoms with Crippen LogP contribution in [0.3, 0.4) is 0 Å². The van der Waals surface area contributed by atoms with Gasteiger partial charge in [-0.25, -0.2) is 0 Å². The lowest BCUT2D eigenvalue weighted by molar-refractivity contribution is 0.770. The van der Waals surface area contributed by atoms with Crippen molar-refractivity contribution in [1.82, 2.24) is 0 Å². The van der Waals surface area contributed by atoms with Crippen LogP contribution in [0.5, 0.6) is 0 Å². The van der Waals surface area contributed by atoms with Crippen molar-refractivity contribution in [3.05, 3.63) is 222 Å². The largest absolute Gasteiger partial charge is 0.311 e. The molecular formula is C49H33NS. The van der Waals surface area contributed by atoms with Crippen LogP contribution >= 0.6 is 11.3 Å². The van der Waals surface area contributed by atoms with E-state index in [2.05, 4.69) is 205 Å². The molecule has 0 fully saturated rings. The number of benzene rings is 8. The smallest absolute Gasteiger partial charge is 0.0713 e. The average Bonchev–Trinajstić information content (AvgIpc) is 3.73. The van der Waals surface area contributed by atoms with Gasteiger partial charge < -0.3 is 4.90 Å². The number of thiophene rings is 1. The van der Waals surface area contributed by atoms with Gasteiger partial charge in [-0.2, -0.15) is 0 Å². The molecule has 8 aromatic carbocycles. The van der Waals surface area contributed by atoms with Crippen molar-refractivity contribution >= 4 is 48.6 Å². The Labute approximate surface area is 302 Å². The zero-order valence-electron chi connectivity index (χ0n) is 27.9. The first-order chi connectivity index (χ1) is 25.3. The third-order valence-corrected chi connectivity index (χ3v) is 11.7. The van der Waals surface area contributed by atoms with Gasteiger partial charge in [0.1, 0.15) is 0 Å². The summed E-state index contributed by atoms with van der Waals surface area (Å²) in [5.74, 6) is 0. The van der Waals surface area contributed by atoms with Gasteiger partial charge in [0.25, 0.3) is 0 Å². The van der Waals surface area contributed by atoms with Crippen molar-refractivity contribution in [1.29, 1.82) is 0 Å². The summed E-state index contributed by atoms with van der Waals surface area (Å²) in [4.78, 5) is 2.31. The molecule has 0 aliphatic heterocycles. The van der Waals surface area contributed by atoms with Gasteiger partial charge in [-0.1, -0.05) is 140 Å². The molecule has 0 N–H and O–H groups in total. The average molecular weight is 668 g/mol. The van der Waals surface area contributed by atoms with E-state index in [9.17, 15) is 0 Å². The number of rotatable bonds is 6. The molecule has 0 saturated carbocycles. The fraction of sp³-hybridized carbons (Fsp3) is 0.0204. The van der Waals surface area contributed by atoms with Gasteiger partial charge in [-0.05, 0) is 105 Å². The lowest BCUT2D eigenvalue weighted by Gasteiger charge is -2.34. The number of hydrogen-bond acceptors (Lipinski definition) is 2. The van der Waals surface area contributed by atoms with Crippen molar-refractivity contribution in [3.63, 3.8) is 0 Å². The molecule has 1 aliphatic carbocycles. The van der Waals surface area contributed by atoms with Crippen LogP contribution in [-0.2, 0) is 5.41 Å². The van der Waals surface area contributed by atoms with Crippen molar-refractivity contribution in [2.45, 2.75) is 5.41 Å². The second-order valence-electron chi connectivity index (χ2n) is 13.3. The second-order valence-corrected chi connectivity index (χ2v) is 14.4. The van der Waals surface area contributed by atoms with Gasteiger partial charge in [0, 0.05) is 37.2 Å². The van der Waals surface area contributed by atoms with E-state index in [0.717, 1.165) is 17.1 Å². The van der Waals surface area contributed by atoms with Crippen molar-refractivity contribution in [2.75, 3.05) is 4.90 Å². The normalized spacial score (nSPS) is 12.9. The van der Waals surface area contributed by atoms with E-state index in [4.69, 9.17) is 0 Å². The van der Waals surface area contributed by atoms with Crippen LogP contribution in [0.1, 0.15) is 22.3 Å². The van der Waals surface area contributed by atoms with Crippen molar-refractivity contribution in [3.8, 4) is 22.3 Å². The van der Waals surface area contributed by atoms with Crippen LogP contribution < -0.4 is 4.90 Å². The van der Waals surface area contributed by atoms with Gasteiger partial charge >= 0.3 is 0 Å². The Kier molecular flexibility index (Phi) is 6.97. The maximum Gasteiger partial charge on any atom is 0.0713 e. The number of anilines is 3. The van der Waals surface area contributed by atoms with Crippen LogP contribution in [0.15, 0.2) is 200 Å². The minimum Gasteiger partial charge on any atom is -0.311 e. The third-order valence-electron chi connectivity index (χ3n) is 10.5. The van der Waals surface area contributed by atoms with Crippen LogP contribution in [0.2, 0.25) is 0 Å². The molecule has 1 nitrogen and oxygen atoms in total. The SMILES string of the molecule is c1ccc(N(c2ccccc2)c2ccc(-c3ccc4sc5ccc(C6(c7ccccc7)c7ccccc7-c7ccccc76)cc5c4c3)cc2)cc1. The predicted molar refractivity (Wildman–Crippen MR) is 217 cm³/mol. The van der Waals surface area contributed by atoms with Crippen LogP contribution in [0.25, 0.3) is 42.4 Å². The summed E-state index contributed by atoms with van der Waals surface area (Å²) in [6.07, 6.45) is 0. The molecular weight excluding hydrogens is 635 g/mol. The zero-order valence-corrected chi connectivity index (χ0v) is 28.7. The number of fused-ring (bicyclic) bond motifs is 6. The maximum absolute atomic E-state index is 2.48. The molecule has 10 rings (SSSR count). The molecule has 0 saturated heterocycles. The standard InChI is InChI=1S/C49H33NS/c1-4-14-36(15-5-1)49(45-22-12-10-20-41(45)42-21-11-13-23-46(42)49)37-27-31-48-44(33-37)43-32-35(26-30-47(43)51-48)34-24-28-40(29-25-34)50(38-16-6-2-7-17-38)39-18-8-3-9-19-39/h1-33H. The van der Waals surface area contributed by atoms with Crippen LogP contribution in [0, 0.1) is 0 Å². The van der Waals surface area contributed by atoms with Gasteiger partial charge in [-0.15, -0.1) is 11.3 Å². The molecule has 0 amide bonds. The van der Waals surface area contributed by atoms with E-state index in [1.807, 2.05) is 11.3 Å². The van der Waals surface area contributed by atoms with E-state index in [1.165, 1.54) is 64.7 Å². The van der Waals surface area contributed by atoms with Gasteiger partial charge in [0.15, 0.2) is 0 Å².